The molecule has 0 bridgehead atoms. The summed E-state index contributed by atoms with van der Waals surface area (Å²) in [7, 11) is 0. The average Bonchev–Trinajstić information content (AvgIpc) is 2.80. The number of nitrogens with zero attached hydrogens (tertiary/aromatic N) is 1. The second-order valence-corrected chi connectivity index (χ2v) is 7.90. The number of hydrogen-bond donors (Lipinski definition) is 2. The summed E-state index contributed by atoms with van der Waals surface area (Å²) >= 11 is 9.17. The molecule has 160 valence electrons. The van der Waals surface area contributed by atoms with Crippen molar-refractivity contribution in [3.8, 4) is 11.8 Å². The van der Waals surface area contributed by atoms with Gasteiger partial charge in [0.2, 0.25) is 0 Å². The van der Waals surface area contributed by atoms with Crippen LogP contribution in [0.3, 0.4) is 0 Å². The van der Waals surface area contributed by atoms with Crippen molar-refractivity contribution in [2.45, 2.75) is 0 Å². The number of carbonyl (C=O) groups is 2. The Bertz CT molecular complexity index is 1170. The van der Waals surface area contributed by atoms with E-state index in [4.69, 9.17) is 16.3 Å². The predicted molar refractivity (Wildman–Crippen MR) is 128 cm³/mol. The lowest BCUT2D eigenvalue weighted by atomic mass is 10.1. The van der Waals surface area contributed by atoms with E-state index in [-0.39, 0.29) is 18.1 Å². The van der Waals surface area contributed by atoms with Gasteiger partial charge in [-0.15, -0.1) is 0 Å². The molecule has 0 aliphatic carbocycles. The van der Waals surface area contributed by atoms with Gasteiger partial charge < -0.3 is 15.4 Å². The van der Waals surface area contributed by atoms with Crippen molar-refractivity contribution in [3.05, 3.63) is 93.4 Å². The maximum Gasteiger partial charge on any atom is 0.266 e. The average molecular weight is 511 g/mol. The van der Waals surface area contributed by atoms with E-state index in [2.05, 4.69) is 26.6 Å². The zero-order valence-electron chi connectivity index (χ0n) is 16.6. The Kier molecular flexibility index (Phi) is 8.03. The molecule has 32 heavy (non-hydrogen) atoms. The number of nitriles is 1. The molecule has 0 fully saturated rings. The Hall–Kier alpha value is -3.60. The molecule has 6 nitrogen and oxygen atoms in total. The van der Waals surface area contributed by atoms with Crippen LogP contribution in [0.25, 0.3) is 6.08 Å². The number of carbonyl (C=O) groups excluding carboxylic acids is 2. The van der Waals surface area contributed by atoms with Crippen LogP contribution in [0.1, 0.15) is 5.56 Å². The van der Waals surface area contributed by atoms with Gasteiger partial charge in [0.25, 0.3) is 11.8 Å². The van der Waals surface area contributed by atoms with Gasteiger partial charge in [-0.25, -0.2) is 0 Å². The third-order valence-electron chi connectivity index (χ3n) is 4.16. The van der Waals surface area contributed by atoms with Gasteiger partial charge in [0, 0.05) is 20.9 Å². The predicted octanol–water partition coefficient (Wildman–Crippen LogP) is 5.67. The molecule has 0 unspecified atom stereocenters. The second-order valence-electron chi connectivity index (χ2n) is 6.54. The number of nitrogens with one attached hydrogen (secondary N) is 2. The standard InChI is InChI=1S/C24H17BrClN3O3/c25-18-3-7-20(8-4-18)28-23(30)15-32-22-11-1-16(2-12-22)13-17(14-27)24(31)29-21-9-5-19(26)6-10-21/h1-13H,15H2,(H,28,30)(H,29,31)/b17-13-. The largest absolute Gasteiger partial charge is 0.484 e. The fourth-order valence-electron chi connectivity index (χ4n) is 2.59. The summed E-state index contributed by atoms with van der Waals surface area (Å²) in [4.78, 5) is 24.4. The normalized spacial score (nSPS) is 10.7. The van der Waals surface area contributed by atoms with Crippen LogP contribution in [-0.4, -0.2) is 18.4 Å². The minimum absolute atomic E-state index is 0.0532. The Morgan fingerprint density at radius 1 is 0.938 bits per heavy atom. The van der Waals surface area contributed by atoms with Crippen LogP contribution < -0.4 is 15.4 Å². The molecule has 2 N–H and O–H groups in total. The number of benzene rings is 3. The molecule has 0 aromatic heterocycles. The van der Waals surface area contributed by atoms with Crippen molar-refractivity contribution in [1.82, 2.24) is 0 Å². The SMILES string of the molecule is N#C/C(=C/c1ccc(OCC(=O)Nc2ccc(Br)cc2)cc1)C(=O)Nc1ccc(Cl)cc1. The van der Waals surface area contributed by atoms with Gasteiger partial charge in [0.05, 0.1) is 0 Å². The molecule has 3 aromatic carbocycles. The zero-order chi connectivity index (χ0) is 22.9. The molecule has 0 saturated heterocycles. The molecule has 2 amide bonds. The van der Waals surface area contributed by atoms with E-state index < -0.39 is 5.91 Å². The first kappa shape index (κ1) is 23.1. The lowest BCUT2D eigenvalue weighted by Gasteiger charge is -2.08. The molecule has 0 heterocycles. The third-order valence-corrected chi connectivity index (χ3v) is 4.94. The molecule has 0 atom stereocenters. The number of halogens is 2. The fraction of sp³-hybridized carbons (Fsp3) is 0.0417. The summed E-state index contributed by atoms with van der Waals surface area (Å²) in [6.07, 6.45) is 1.47. The van der Waals surface area contributed by atoms with Gasteiger partial charge in [0.1, 0.15) is 17.4 Å². The molecule has 3 aromatic rings. The summed E-state index contributed by atoms with van der Waals surface area (Å²) in [6, 6.07) is 22.4. The van der Waals surface area contributed by atoms with Crippen LogP contribution in [0.4, 0.5) is 11.4 Å². The van der Waals surface area contributed by atoms with E-state index in [1.807, 2.05) is 18.2 Å². The Morgan fingerprint density at radius 2 is 1.53 bits per heavy atom. The fourth-order valence-corrected chi connectivity index (χ4v) is 2.98. The molecule has 0 spiro atoms. The monoisotopic (exact) mass is 509 g/mol. The topological polar surface area (TPSA) is 91.2 Å². The smallest absolute Gasteiger partial charge is 0.266 e. The first-order valence-electron chi connectivity index (χ1n) is 9.40. The maximum absolute atomic E-state index is 12.3. The van der Waals surface area contributed by atoms with Crippen molar-refractivity contribution < 1.29 is 14.3 Å². The number of amides is 2. The molecule has 0 aliphatic rings. The van der Waals surface area contributed by atoms with E-state index in [0.29, 0.717) is 27.7 Å². The van der Waals surface area contributed by atoms with E-state index >= 15 is 0 Å². The number of anilines is 2. The number of ether oxygens (including phenoxy) is 1. The molecule has 8 heteroatoms. The van der Waals surface area contributed by atoms with Gasteiger partial charge in [-0.3, -0.25) is 9.59 Å². The van der Waals surface area contributed by atoms with E-state index in [1.54, 1.807) is 60.7 Å². The van der Waals surface area contributed by atoms with Crippen molar-refractivity contribution in [3.63, 3.8) is 0 Å². The Labute approximate surface area is 198 Å². The van der Waals surface area contributed by atoms with Gasteiger partial charge in [-0.05, 0) is 72.3 Å². The van der Waals surface area contributed by atoms with Crippen molar-refractivity contribution in [2.24, 2.45) is 0 Å². The van der Waals surface area contributed by atoms with Crippen molar-refractivity contribution >= 4 is 56.8 Å². The van der Waals surface area contributed by atoms with Crippen molar-refractivity contribution in [2.75, 3.05) is 17.2 Å². The second kappa shape index (κ2) is 11.1. The highest BCUT2D eigenvalue weighted by molar-refractivity contribution is 9.10. The minimum Gasteiger partial charge on any atom is -0.484 e. The molecule has 0 aliphatic heterocycles. The maximum atomic E-state index is 12.3. The molecular weight excluding hydrogens is 494 g/mol. The third kappa shape index (κ3) is 6.98. The summed E-state index contributed by atoms with van der Waals surface area (Å²) in [6.45, 7) is -0.155. The van der Waals surface area contributed by atoms with Crippen LogP contribution in [0, 0.1) is 11.3 Å². The molecule has 0 saturated carbocycles. The first-order valence-corrected chi connectivity index (χ1v) is 10.6. The highest BCUT2D eigenvalue weighted by Crippen LogP contribution is 2.18. The summed E-state index contributed by atoms with van der Waals surface area (Å²) in [5, 5.41) is 15.3. The van der Waals surface area contributed by atoms with Gasteiger partial charge >= 0.3 is 0 Å². The lowest BCUT2D eigenvalue weighted by Crippen LogP contribution is -2.20. The van der Waals surface area contributed by atoms with E-state index in [9.17, 15) is 14.9 Å². The van der Waals surface area contributed by atoms with Crippen LogP contribution in [0.2, 0.25) is 5.02 Å². The van der Waals surface area contributed by atoms with E-state index in [0.717, 1.165) is 4.47 Å². The number of hydrogen-bond acceptors (Lipinski definition) is 4. The van der Waals surface area contributed by atoms with Crippen LogP contribution >= 0.6 is 27.5 Å². The Morgan fingerprint density at radius 3 is 2.16 bits per heavy atom. The van der Waals surface area contributed by atoms with Gasteiger partial charge in [-0.2, -0.15) is 5.26 Å². The van der Waals surface area contributed by atoms with Crippen LogP contribution in [-0.2, 0) is 9.59 Å². The minimum atomic E-state index is -0.528. The summed E-state index contributed by atoms with van der Waals surface area (Å²) in [5.41, 5.74) is 1.79. The van der Waals surface area contributed by atoms with Gasteiger partial charge in [0.15, 0.2) is 6.61 Å². The molecule has 0 radical (unpaired) electrons. The zero-order valence-corrected chi connectivity index (χ0v) is 19.0. The lowest BCUT2D eigenvalue weighted by molar-refractivity contribution is -0.118. The van der Waals surface area contributed by atoms with E-state index in [1.165, 1.54) is 6.08 Å². The highest BCUT2D eigenvalue weighted by atomic mass is 79.9. The first-order chi connectivity index (χ1) is 15.4. The van der Waals surface area contributed by atoms with Crippen LogP contribution in [0.15, 0.2) is 82.8 Å². The quantitative estimate of drug-likeness (QED) is 0.317. The Balaban J connectivity index is 1.56. The van der Waals surface area contributed by atoms with Gasteiger partial charge in [-0.1, -0.05) is 39.7 Å². The highest BCUT2D eigenvalue weighted by Gasteiger charge is 2.10. The van der Waals surface area contributed by atoms with Crippen molar-refractivity contribution in [1.29, 1.82) is 5.26 Å². The molecular formula is C24H17BrClN3O3. The summed E-state index contributed by atoms with van der Waals surface area (Å²) < 4.78 is 6.41. The number of rotatable bonds is 7. The van der Waals surface area contributed by atoms with Crippen LogP contribution in [0.5, 0.6) is 5.75 Å². The summed E-state index contributed by atoms with van der Waals surface area (Å²) in [5.74, 6) is -0.334. The molecule has 3 rings (SSSR count).